The van der Waals surface area contributed by atoms with Crippen molar-refractivity contribution in [1.82, 2.24) is 4.98 Å². The summed E-state index contributed by atoms with van der Waals surface area (Å²) >= 11 is 4.68. The molecule has 0 atom stereocenters. The minimum atomic E-state index is -0.182. The molecule has 4 aromatic rings. The Morgan fingerprint density at radius 3 is 2.41 bits per heavy atom. The molecule has 0 bridgehead atoms. The number of methoxy groups -OCH3 is 1. The molecule has 0 saturated heterocycles. The Hall–Kier alpha value is -3.60. The molecule has 0 spiro atoms. The van der Waals surface area contributed by atoms with Gasteiger partial charge in [0.1, 0.15) is 16.8 Å². The van der Waals surface area contributed by atoms with Crippen LogP contribution in [0.2, 0.25) is 0 Å². The lowest BCUT2D eigenvalue weighted by Crippen LogP contribution is -2.14. The largest absolute Gasteiger partial charge is 0.497 e. The van der Waals surface area contributed by atoms with Crippen molar-refractivity contribution >= 4 is 39.3 Å². The minimum Gasteiger partial charge on any atom is -0.497 e. The second kappa shape index (κ2) is 11.0. The molecule has 0 aliphatic heterocycles. The standard InChI is InChI=1S/C27H20BrN3O2S/c1-33-20-13-11-18(12-14-20)21-15-25(19-7-3-2-4-8-19)31-27(22(21)16-29)34-17-26(32)30-24-10-6-5-9-23(24)28/h2-15H,17H2,1H3,(H,30,32). The first kappa shape index (κ1) is 23.6. The Morgan fingerprint density at radius 1 is 1.03 bits per heavy atom. The molecule has 1 heterocycles. The summed E-state index contributed by atoms with van der Waals surface area (Å²) in [6, 6.07) is 29.0. The molecule has 5 nitrogen and oxygen atoms in total. The van der Waals surface area contributed by atoms with E-state index in [0.29, 0.717) is 16.3 Å². The molecule has 0 fully saturated rings. The van der Waals surface area contributed by atoms with Gasteiger partial charge in [-0.3, -0.25) is 4.79 Å². The lowest BCUT2D eigenvalue weighted by Gasteiger charge is -2.13. The van der Waals surface area contributed by atoms with Crippen LogP contribution in [-0.2, 0) is 4.79 Å². The summed E-state index contributed by atoms with van der Waals surface area (Å²) in [6.07, 6.45) is 0. The van der Waals surface area contributed by atoms with Gasteiger partial charge in [0.25, 0.3) is 0 Å². The molecule has 34 heavy (non-hydrogen) atoms. The van der Waals surface area contributed by atoms with Crippen molar-refractivity contribution in [2.75, 3.05) is 18.2 Å². The topological polar surface area (TPSA) is 75.0 Å². The predicted molar refractivity (Wildman–Crippen MR) is 140 cm³/mol. The number of aromatic nitrogens is 1. The van der Waals surface area contributed by atoms with Gasteiger partial charge < -0.3 is 10.1 Å². The van der Waals surface area contributed by atoms with Gasteiger partial charge in [0.05, 0.1) is 29.8 Å². The average Bonchev–Trinajstić information content (AvgIpc) is 2.88. The lowest BCUT2D eigenvalue weighted by atomic mass is 9.99. The second-order valence-corrected chi connectivity index (χ2v) is 9.08. The number of hydrogen-bond donors (Lipinski definition) is 1. The maximum Gasteiger partial charge on any atom is 0.234 e. The smallest absolute Gasteiger partial charge is 0.234 e. The van der Waals surface area contributed by atoms with Crippen molar-refractivity contribution in [3.63, 3.8) is 0 Å². The van der Waals surface area contributed by atoms with Crippen LogP contribution in [0.5, 0.6) is 5.75 Å². The van der Waals surface area contributed by atoms with E-state index in [0.717, 1.165) is 32.6 Å². The Kier molecular flexibility index (Phi) is 7.63. The quantitative estimate of drug-likeness (QED) is 0.267. The first-order chi connectivity index (χ1) is 16.6. The third kappa shape index (κ3) is 5.48. The zero-order valence-corrected chi connectivity index (χ0v) is 20.7. The van der Waals surface area contributed by atoms with E-state index in [1.165, 1.54) is 11.8 Å². The Morgan fingerprint density at radius 2 is 1.74 bits per heavy atom. The summed E-state index contributed by atoms with van der Waals surface area (Å²) < 4.78 is 6.07. The number of amides is 1. The van der Waals surface area contributed by atoms with Gasteiger partial charge in [-0.2, -0.15) is 5.26 Å². The average molecular weight is 530 g/mol. The Labute approximate surface area is 210 Å². The summed E-state index contributed by atoms with van der Waals surface area (Å²) in [7, 11) is 1.61. The number of ether oxygens (including phenoxy) is 1. The van der Waals surface area contributed by atoms with E-state index >= 15 is 0 Å². The fraction of sp³-hybridized carbons (Fsp3) is 0.0741. The number of anilines is 1. The number of benzene rings is 3. The molecule has 0 aliphatic carbocycles. The van der Waals surface area contributed by atoms with Gasteiger partial charge in [-0.05, 0) is 51.8 Å². The van der Waals surface area contributed by atoms with Crippen molar-refractivity contribution in [2.45, 2.75) is 5.03 Å². The van der Waals surface area contributed by atoms with E-state index in [1.54, 1.807) is 7.11 Å². The van der Waals surface area contributed by atoms with Crippen molar-refractivity contribution in [1.29, 1.82) is 5.26 Å². The summed E-state index contributed by atoms with van der Waals surface area (Å²) in [5.41, 5.74) is 4.42. The highest BCUT2D eigenvalue weighted by Crippen LogP contribution is 2.35. The third-order valence-electron chi connectivity index (χ3n) is 5.06. The number of nitriles is 1. The zero-order valence-electron chi connectivity index (χ0n) is 18.3. The molecule has 1 aromatic heterocycles. The molecular weight excluding hydrogens is 510 g/mol. The molecule has 0 saturated carbocycles. The van der Waals surface area contributed by atoms with E-state index in [2.05, 4.69) is 27.3 Å². The van der Waals surface area contributed by atoms with Gasteiger partial charge in [-0.1, -0.05) is 66.4 Å². The van der Waals surface area contributed by atoms with Crippen LogP contribution < -0.4 is 10.1 Å². The molecule has 3 aromatic carbocycles. The number of hydrogen-bond acceptors (Lipinski definition) is 5. The maximum absolute atomic E-state index is 12.6. The van der Waals surface area contributed by atoms with E-state index in [1.807, 2.05) is 84.9 Å². The number of rotatable bonds is 7. The molecule has 1 N–H and O–H groups in total. The number of carbonyl (C=O) groups excluding carboxylic acids is 1. The fourth-order valence-corrected chi connectivity index (χ4v) is 4.56. The van der Waals surface area contributed by atoms with Crippen LogP contribution in [-0.4, -0.2) is 23.8 Å². The van der Waals surface area contributed by atoms with E-state index in [4.69, 9.17) is 9.72 Å². The maximum atomic E-state index is 12.6. The summed E-state index contributed by atoms with van der Waals surface area (Å²) in [4.78, 5) is 17.4. The van der Waals surface area contributed by atoms with Crippen LogP contribution in [0.4, 0.5) is 5.69 Å². The zero-order chi connectivity index (χ0) is 23.9. The number of nitrogens with one attached hydrogen (secondary N) is 1. The number of halogens is 1. The van der Waals surface area contributed by atoms with Gasteiger partial charge >= 0.3 is 0 Å². The molecule has 0 unspecified atom stereocenters. The normalized spacial score (nSPS) is 10.4. The first-order valence-electron chi connectivity index (χ1n) is 10.4. The van der Waals surface area contributed by atoms with Crippen molar-refractivity contribution in [3.05, 3.63) is 95.0 Å². The van der Waals surface area contributed by atoms with Crippen LogP contribution in [0.1, 0.15) is 5.56 Å². The molecule has 0 aliphatic rings. The number of carbonyl (C=O) groups is 1. The molecule has 7 heteroatoms. The fourth-order valence-electron chi connectivity index (χ4n) is 3.37. The Bertz CT molecular complexity index is 1350. The van der Waals surface area contributed by atoms with Crippen LogP contribution in [0, 0.1) is 11.3 Å². The number of thioether (sulfide) groups is 1. The number of para-hydroxylation sites is 1. The minimum absolute atomic E-state index is 0.114. The monoisotopic (exact) mass is 529 g/mol. The SMILES string of the molecule is COc1ccc(-c2cc(-c3ccccc3)nc(SCC(=O)Nc3ccccc3Br)c2C#N)cc1. The molecule has 1 amide bonds. The van der Waals surface area contributed by atoms with Crippen LogP contribution in [0.25, 0.3) is 22.4 Å². The molecule has 4 rings (SSSR count). The highest BCUT2D eigenvalue weighted by Gasteiger charge is 2.17. The van der Waals surface area contributed by atoms with Crippen LogP contribution >= 0.6 is 27.7 Å². The highest BCUT2D eigenvalue weighted by atomic mass is 79.9. The van der Waals surface area contributed by atoms with E-state index in [9.17, 15) is 10.1 Å². The molecule has 168 valence electrons. The molecule has 0 radical (unpaired) electrons. The van der Waals surface area contributed by atoms with Gasteiger partial charge in [0.2, 0.25) is 5.91 Å². The van der Waals surface area contributed by atoms with Crippen molar-refractivity contribution in [2.24, 2.45) is 0 Å². The van der Waals surface area contributed by atoms with Crippen molar-refractivity contribution in [3.8, 4) is 34.2 Å². The summed E-state index contributed by atoms with van der Waals surface area (Å²) in [5, 5.41) is 13.4. The van der Waals surface area contributed by atoms with Crippen molar-refractivity contribution < 1.29 is 9.53 Å². The highest BCUT2D eigenvalue weighted by molar-refractivity contribution is 9.10. The Balaban J connectivity index is 1.69. The summed E-state index contributed by atoms with van der Waals surface area (Å²) in [6.45, 7) is 0. The summed E-state index contributed by atoms with van der Waals surface area (Å²) in [5.74, 6) is 0.667. The number of nitrogens with zero attached hydrogens (tertiary/aromatic N) is 2. The second-order valence-electron chi connectivity index (χ2n) is 7.26. The number of pyridine rings is 1. The van der Waals surface area contributed by atoms with E-state index < -0.39 is 0 Å². The van der Waals surface area contributed by atoms with Crippen LogP contribution in [0.3, 0.4) is 0 Å². The van der Waals surface area contributed by atoms with E-state index in [-0.39, 0.29) is 11.7 Å². The van der Waals surface area contributed by atoms with Gasteiger partial charge in [0, 0.05) is 15.6 Å². The third-order valence-corrected chi connectivity index (χ3v) is 6.72. The van der Waals surface area contributed by atoms with Gasteiger partial charge in [0.15, 0.2) is 0 Å². The first-order valence-corrected chi connectivity index (χ1v) is 12.2. The predicted octanol–water partition coefficient (Wildman–Crippen LogP) is 6.79. The van der Waals surface area contributed by atoms with Gasteiger partial charge in [-0.25, -0.2) is 4.98 Å². The van der Waals surface area contributed by atoms with Gasteiger partial charge in [-0.15, -0.1) is 0 Å². The molecular formula is C27H20BrN3O2S. The lowest BCUT2D eigenvalue weighted by molar-refractivity contribution is -0.113. The van der Waals surface area contributed by atoms with Crippen LogP contribution in [0.15, 0.2) is 94.4 Å².